The fourth-order valence-corrected chi connectivity index (χ4v) is 4.21. The van der Waals surface area contributed by atoms with Crippen LogP contribution in [0.15, 0.2) is 35.7 Å². The molecule has 0 radical (unpaired) electrons. The predicted octanol–water partition coefficient (Wildman–Crippen LogP) is 4.02. The first-order valence-electron chi connectivity index (χ1n) is 10.3. The Bertz CT molecular complexity index is 889. The van der Waals surface area contributed by atoms with Crippen molar-refractivity contribution >= 4 is 29.0 Å². The van der Waals surface area contributed by atoms with E-state index < -0.39 is 12.1 Å². The van der Waals surface area contributed by atoms with E-state index in [2.05, 4.69) is 0 Å². The zero-order valence-electron chi connectivity index (χ0n) is 17.4. The highest BCUT2D eigenvalue weighted by atomic mass is 32.1. The van der Waals surface area contributed by atoms with E-state index in [4.69, 9.17) is 9.47 Å². The maximum Gasteiger partial charge on any atom is 0.307 e. The summed E-state index contributed by atoms with van der Waals surface area (Å²) in [5.74, 6) is -0.170. The second-order valence-corrected chi connectivity index (χ2v) is 8.31. The van der Waals surface area contributed by atoms with Crippen molar-refractivity contribution in [1.82, 2.24) is 4.90 Å². The molecular weight excluding hydrogens is 402 g/mol. The third-order valence-corrected chi connectivity index (χ3v) is 6.00. The van der Waals surface area contributed by atoms with Gasteiger partial charge in [-0.2, -0.15) is 0 Å². The first-order valence-corrected chi connectivity index (χ1v) is 11.2. The molecule has 0 spiro atoms. The molecule has 0 bridgehead atoms. The number of esters is 1. The minimum atomic E-state index is -0.859. The number of ether oxygens (including phenoxy) is 2. The highest BCUT2D eigenvalue weighted by Crippen LogP contribution is 2.24. The maximum absolute atomic E-state index is 12.6. The first-order chi connectivity index (χ1) is 14.5. The lowest BCUT2D eigenvalue weighted by atomic mass is 10.1. The molecule has 0 fully saturated rings. The summed E-state index contributed by atoms with van der Waals surface area (Å²) in [6.45, 7) is 5.42. The minimum Gasteiger partial charge on any atom is -0.494 e. The largest absolute Gasteiger partial charge is 0.494 e. The van der Waals surface area contributed by atoms with E-state index in [-0.39, 0.29) is 24.5 Å². The molecule has 0 saturated heterocycles. The van der Waals surface area contributed by atoms with Gasteiger partial charge in [0.2, 0.25) is 0 Å². The normalized spacial score (nSPS) is 14.0. The molecule has 6 nitrogen and oxygen atoms in total. The number of carbonyl (C=O) groups is 3. The summed E-state index contributed by atoms with van der Waals surface area (Å²) < 4.78 is 10.8. The highest BCUT2D eigenvalue weighted by molar-refractivity contribution is 7.10. The van der Waals surface area contributed by atoms with Crippen LogP contribution in [0.5, 0.6) is 5.75 Å². The number of nitrogens with zero attached hydrogens (tertiary/aromatic N) is 1. The number of thiophene rings is 1. The van der Waals surface area contributed by atoms with Crippen molar-refractivity contribution in [2.45, 2.75) is 52.2 Å². The molecule has 1 aliphatic heterocycles. The second kappa shape index (κ2) is 10.4. The lowest BCUT2D eigenvalue weighted by molar-refractivity contribution is -0.159. The predicted molar refractivity (Wildman–Crippen MR) is 115 cm³/mol. The Kier molecular flexibility index (Phi) is 7.63. The first kappa shape index (κ1) is 22.0. The molecule has 7 heteroatoms. The molecule has 160 valence electrons. The van der Waals surface area contributed by atoms with Crippen molar-refractivity contribution in [3.05, 3.63) is 51.7 Å². The number of hydrogen-bond acceptors (Lipinski definition) is 6. The second-order valence-electron chi connectivity index (χ2n) is 7.31. The van der Waals surface area contributed by atoms with Crippen molar-refractivity contribution in [2.24, 2.45) is 0 Å². The number of rotatable bonds is 9. The van der Waals surface area contributed by atoms with Crippen LogP contribution in [0.4, 0.5) is 0 Å². The Hall–Kier alpha value is -2.67. The number of hydrogen-bond donors (Lipinski definition) is 0. The van der Waals surface area contributed by atoms with Gasteiger partial charge in [-0.05, 0) is 61.0 Å². The average Bonchev–Trinajstić information content (AvgIpc) is 3.23. The molecular formula is C23H27NO5S. The van der Waals surface area contributed by atoms with E-state index in [1.54, 1.807) is 47.4 Å². The fraction of sp³-hybridized carbons (Fsp3) is 0.435. The van der Waals surface area contributed by atoms with Crippen LogP contribution in [0.3, 0.4) is 0 Å². The summed E-state index contributed by atoms with van der Waals surface area (Å²) in [4.78, 5) is 40.1. The van der Waals surface area contributed by atoms with Gasteiger partial charge >= 0.3 is 5.97 Å². The zero-order valence-corrected chi connectivity index (χ0v) is 18.2. The molecule has 0 saturated carbocycles. The average molecular weight is 430 g/mol. The Morgan fingerprint density at radius 2 is 1.90 bits per heavy atom. The van der Waals surface area contributed by atoms with Gasteiger partial charge in [0.05, 0.1) is 13.0 Å². The number of amides is 1. The Labute approximate surface area is 180 Å². The molecule has 2 heterocycles. The zero-order chi connectivity index (χ0) is 21.5. The van der Waals surface area contributed by atoms with Gasteiger partial charge < -0.3 is 14.4 Å². The van der Waals surface area contributed by atoms with Crippen LogP contribution in [0.1, 0.15) is 53.9 Å². The molecule has 1 atom stereocenters. The fourth-order valence-electron chi connectivity index (χ4n) is 3.32. The van der Waals surface area contributed by atoms with E-state index in [9.17, 15) is 14.4 Å². The van der Waals surface area contributed by atoms with Gasteiger partial charge in [0.1, 0.15) is 5.75 Å². The van der Waals surface area contributed by atoms with Crippen LogP contribution in [0, 0.1) is 0 Å². The van der Waals surface area contributed by atoms with E-state index in [0.717, 1.165) is 18.4 Å². The van der Waals surface area contributed by atoms with Crippen LogP contribution in [0.25, 0.3) is 0 Å². The van der Waals surface area contributed by atoms with Gasteiger partial charge in [0.25, 0.3) is 5.91 Å². The van der Waals surface area contributed by atoms with Crippen LogP contribution in [-0.4, -0.2) is 41.8 Å². The number of ketones is 1. The van der Waals surface area contributed by atoms with Crippen LogP contribution < -0.4 is 4.74 Å². The molecule has 1 amide bonds. The summed E-state index contributed by atoms with van der Waals surface area (Å²) in [5, 5.41) is 2.03. The summed E-state index contributed by atoms with van der Waals surface area (Å²) in [6, 6.07) is 8.92. The summed E-state index contributed by atoms with van der Waals surface area (Å²) >= 11 is 1.71. The van der Waals surface area contributed by atoms with E-state index in [0.29, 0.717) is 31.0 Å². The van der Waals surface area contributed by atoms with E-state index >= 15 is 0 Å². The molecule has 1 unspecified atom stereocenters. The molecule has 0 aliphatic carbocycles. The molecule has 30 heavy (non-hydrogen) atoms. The topological polar surface area (TPSA) is 72.9 Å². The quantitative estimate of drug-likeness (QED) is 0.445. The van der Waals surface area contributed by atoms with Gasteiger partial charge in [-0.1, -0.05) is 6.92 Å². The van der Waals surface area contributed by atoms with Crippen molar-refractivity contribution in [1.29, 1.82) is 0 Å². The third-order valence-electron chi connectivity index (χ3n) is 4.98. The number of fused-ring (bicyclic) bond motifs is 1. The van der Waals surface area contributed by atoms with Crippen LogP contribution in [0.2, 0.25) is 0 Å². The van der Waals surface area contributed by atoms with Crippen LogP contribution in [-0.2, 0) is 27.3 Å². The number of carbonyl (C=O) groups excluding carboxylic acids is 3. The summed E-state index contributed by atoms with van der Waals surface area (Å²) in [7, 11) is 0. The van der Waals surface area contributed by atoms with Gasteiger partial charge in [-0.25, -0.2) is 0 Å². The minimum absolute atomic E-state index is 0.0386. The summed E-state index contributed by atoms with van der Waals surface area (Å²) in [5.41, 5.74) is 1.69. The van der Waals surface area contributed by atoms with Gasteiger partial charge in [-0.3, -0.25) is 14.4 Å². The SMILES string of the molecule is CCCOc1ccc(C(=O)CCC(=O)OC(C)C(=O)N2CCc3sccc3C2)cc1. The molecule has 1 aliphatic rings. The number of benzene rings is 1. The van der Waals surface area contributed by atoms with Crippen molar-refractivity contribution in [3.8, 4) is 5.75 Å². The molecule has 1 aromatic heterocycles. The lowest BCUT2D eigenvalue weighted by Crippen LogP contribution is -2.42. The summed E-state index contributed by atoms with van der Waals surface area (Å²) in [6.07, 6.45) is 0.866. The van der Waals surface area contributed by atoms with E-state index in [1.165, 1.54) is 4.88 Å². The molecule has 3 rings (SSSR count). The van der Waals surface area contributed by atoms with Crippen molar-refractivity contribution in [2.75, 3.05) is 13.2 Å². The third kappa shape index (κ3) is 5.69. The molecule has 0 N–H and O–H groups in total. The van der Waals surface area contributed by atoms with Crippen molar-refractivity contribution in [3.63, 3.8) is 0 Å². The van der Waals surface area contributed by atoms with Gasteiger partial charge in [0, 0.05) is 30.0 Å². The molecule has 1 aromatic carbocycles. The molecule has 2 aromatic rings. The monoisotopic (exact) mass is 429 g/mol. The lowest BCUT2D eigenvalue weighted by Gasteiger charge is -2.29. The van der Waals surface area contributed by atoms with E-state index in [1.807, 2.05) is 18.4 Å². The standard InChI is InChI=1S/C23H27NO5S/c1-3-13-28-19-6-4-17(5-7-19)20(25)8-9-22(26)29-16(2)23(27)24-12-10-21-18(15-24)11-14-30-21/h4-7,11,14,16H,3,8-10,12-13,15H2,1-2H3. The van der Waals surface area contributed by atoms with Gasteiger partial charge in [-0.15, -0.1) is 11.3 Å². The smallest absolute Gasteiger partial charge is 0.307 e. The Morgan fingerprint density at radius 1 is 1.13 bits per heavy atom. The Morgan fingerprint density at radius 3 is 2.63 bits per heavy atom. The van der Waals surface area contributed by atoms with Crippen LogP contribution >= 0.6 is 11.3 Å². The Balaban J connectivity index is 1.43. The maximum atomic E-state index is 12.6. The van der Waals surface area contributed by atoms with Crippen molar-refractivity contribution < 1.29 is 23.9 Å². The van der Waals surface area contributed by atoms with Gasteiger partial charge in [0.15, 0.2) is 11.9 Å². The highest BCUT2D eigenvalue weighted by Gasteiger charge is 2.27. The number of Topliss-reactive ketones (excluding diaryl/α,β-unsaturated/α-hetero) is 1.